The van der Waals surface area contributed by atoms with Gasteiger partial charge in [-0.15, -0.1) is 5.10 Å². The van der Waals surface area contributed by atoms with Crippen LogP contribution in [0, 0.1) is 0 Å². The van der Waals surface area contributed by atoms with Gasteiger partial charge >= 0.3 is 0 Å². The van der Waals surface area contributed by atoms with Gasteiger partial charge in [0.05, 0.1) is 66.7 Å². The van der Waals surface area contributed by atoms with Crippen LogP contribution in [0.4, 0.5) is 68.6 Å². The second-order valence-electron chi connectivity index (χ2n) is 18.5. The highest BCUT2D eigenvalue weighted by Gasteiger charge is 2.36. The van der Waals surface area contributed by atoms with Gasteiger partial charge in [0.2, 0.25) is 0 Å². The number of hydrogen-bond donors (Lipinski definition) is 1. The Hall–Kier alpha value is -8.76. The number of benzene rings is 6. The summed E-state index contributed by atoms with van der Waals surface area (Å²) in [5.74, 6) is 0.962. The number of carbonyl (C=O) groups excluding carboxylic acids is 3. The van der Waals surface area contributed by atoms with Gasteiger partial charge in [0, 0.05) is 78.1 Å². The maximum absolute atomic E-state index is 13.6. The van der Waals surface area contributed by atoms with Crippen molar-refractivity contribution in [1.82, 2.24) is 29.3 Å². The molecule has 0 radical (unpaired) electrons. The van der Waals surface area contributed by atoms with Gasteiger partial charge in [0.15, 0.2) is 17.5 Å². The molecule has 0 atom stereocenters. The molecule has 3 aliphatic heterocycles. The van der Waals surface area contributed by atoms with E-state index in [1.54, 1.807) is 85.3 Å². The Morgan fingerprint density at radius 2 is 0.852 bits per heavy atom. The lowest BCUT2D eigenvalue weighted by atomic mass is 10.2. The lowest BCUT2D eigenvalue weighted by molar-refractivity contribution is 0.0992. The van der Waals surface area contributed by atoms with Gasteiger partial charge in [-0.2, -0.15) is 18.6 Å². The number of fused-ring (bicyclic) bond motifs is 6. The molecule has 412 valence electrons. The van der Waals surface area contributed by atoms with Crippen LogP contribution >= 0.6 is 34.8 Å². The Bertz CT molecular complexity index is 3970. The van der Waals surface area contributed by atoms with E-state index in [2.05, 4.69) is 21.9 Å². The summed E-state index contributed by atoms with van der Waals surface area (Å²) >= 11 is 18.7. The molecule has 6 heterocycles. The van der Waals surface area contributed by atoms with Crippen molar-refractivity contribution in [2.24, 2.45) is 0 Å². The lowest BCUT2D eigenvalue weighted by Crippen LogP contribution is -2.25. The molecule has 6 aromatic carbocycles. The number of hydrogen-bond acceptors (Lipinski definition) is 13. The molecular weight excluding hydrogens is 1120 g/mol. The lowest BCUT2D eigenvalue weighted by Gasteiger charge is -2.25. The van der Waals surface area contributed by atoms with Crippen molar-refractivity contribution < 1.29 is 32.1 Å². The zero-order chi connectivity index (χ0) is 57.3. The Balaban J connectivity index is 0.000000137. The summed E-state index contributed by atoms with van der Waals surface area (Å²) in [5, 5.41) is 24.3. The van der Waals surface area contributed by atoms with E-state index in [0.29, 0.717) is 78.5 Å². The summed E-state index contributed by atoms with van der Waals surface area (Å²) < 4.78 is 31.8. The van der Waals surface area contributed by atoms with Gasteiger partial charge in [-0.1, -0.05) is 96.0 Å². The number of rotatable bonds is 10. The minimum atomic E-state index is -3.55. The number of nitrogens with zero attached hydrogens (tertiary/aromatic N) is 12. The Morgan fingerprint density at radius 1 is 0.506 bits per heavy atom. The SMILES string of the molecule is C=Cn1cc2c(n1)N(C)c1ccc(Cl)cc1N(c1ccccc1)C2=O.CN1c2ccc(Cl)cc2N(c2ccccc2)C(=O)c2cn(CCO)nc21.CN1c2ccc(Cl)cc2N(c2ccccc2)C(=O)c2cn(CCOS(C)(=O)=O)nc21. The summed E-state index contributed by atoms with van der Waals surface area (Å²) in [5.41, 5.74) is 8.04. The monoisotopic (exact) mass is 1160 g/mol. The van der Waals surface area contributed by atoms with Crippen LogP contribution in [0.5, 0.6) is 0 Å². The molecule has 23 heteroatoms. The zero-order valence-electron chi connectivity index (χ0n) is 44.0. The van der Waals surface area contributed by atoms with Gasteiger partial charge in [-0.3, -0.25) is 42.6 Å². The third-order valence-corrected chi connectivity index (χ3v) is 14.5. The molecule has 0 bridgehead atoms. The zero-order valence-corrected chi connectivity index (χ0v) is 47.1. The molecule has 0 saturated heterocycles. The smallest absolute Gasteiger partial charge is 0.268 e. The van der Waals surface area contributed by atoms with Crippen LogP contribution in [-0.2, 0) is 27.4 Å². The topological polar surface area (TPSA) is 188 Å². The van der Waals surface area contributed by atoms with E-state index < -0.39 is 10.1 Å². The first-order valence-corrected chi connectivity index (χ1v) is 28.0. The molecule has 0 fully saturated rings. The number of aliphatic hydroxyl groups is 1. The molecular formula is C58H51Cl3N12O7S. The Morgan fingerprint density at radius 3 is 1.20 bits per heavy atom. The van der Waals surface area contributed by atoms with E-state index >= 15 is 0 Å². The van der Waals surface area contributed by atoms with Gasteiger partial charge in [0.1, 0.15) is 16.7 Å². The van der Waals surface area contributed by atoms with E-state index in [1.165, 1.54) is 4.68 Å². The Labute approximate surface area is 481 Å². The summed E-state index contributed by atoms with van der Waals surface area (Å²) in [4.78, 5) is 50.8. The number of amides is 3. The van der Waals surface area contributed by atoms with Crippen LogP contribution in [0.2, 0.25) is 15.1 Å². The highest BCUT2D eigenvalue weighted by Crippen LogP contribution is 2.47. The number of carbonyl (C=O) groups is 3. The van der Waals surface area contributed by atoms with Crippen molar-refractivity contribution in [3.05, 3.63) is 203 Å². The predicted octanol–water partition coefficient (Wildman–Crippen LogP) is 11.9. The summed E-state index contributed by atoms with van der Waals surface area (Å²) in [7, 11) is 2.01. The molecule has 0 saturated carbocycles. The highest BCUT2D eigenvalue weighted by atomic mass is 35.5. The standard InChI is InChI=1S/C20H19ClN4O4S.C19H17ClN4O2.C19H15ClN4O/c1-23-17-9-8-14(21)12-18(17)25(15-6-4-3-5-7-15)20(26)16-13-24(22-19(16)23)10-11-29-30(2,27)28;1-22-16-8-7-13(20)11-17(16)24(14-5-3-2-4-6-14)19(26)15-12-23(9-10-25)21-18(15)22;1-3-23-12-15-18(21-23)22(2)16-10-9-13(20)11-17(16)24(19(15)25)14-7-5-4-6-8-14/h3-9,12-13H,10-11H2,1-2H3;2-8,11-12,25H,9-10H2,1H3;3-12H,1H2,2H3. The van der Waals surface area contributed by atoms with Crippen LogP contribution in [0.25, 0.3) is 6.20 Å². The van der Waals surface area contributed by atoms with Crippen molar-refractivity contribution in [2.45, 2.75) is 13.1 Å². The fraction of sp³-hybridized carbons (Fsp3) is 0.138. The average molecular weight is 1170 g/mol. The normalized spacial score (nSPS) is 13.5. The average Bonchev–Trinajstić information content (AvgIpc) is 4.31. The molecule has 0 aliphatic carbocycles. The number of halogens is 3. The van der Waals surface area contributed by atoms with Crippen molar-refractivity contribution in [1.29, 1.82) is 0 Å². The van der Waals surface area contributed by atoms with E-state index in [4.69, 9.17) is 39.0 Å². The largest absolute Gasteiger partial charge is 0.394 e. The van der Waals surface area contributed by atoms with Crippen LogP contribution in [-0.4, -0.2) is 101 Å². The quantitative estimate of drug-likeness (QED) is 0.128. The number of aliphatic hydroxyl groups excluding tert-OH is 1. The minimum absolute atomic E-state index is 0.0486. The molecule has 3 aromatic heterocycles. The van der Waals surface area contributed by atoms with Gasteiger partial charge < -0.3 is 19.8 Å². The van der Waals surface area contributed by atoms with Crippen molar-refractivity contribution in [3.63, 3.8) is 0 Å². The van der Waals surface area contributed by atoms with Gasteiger partial charge in [0.25, 0.3) is 27.8 Å². The predicted molar refractivity (Wildman–Crippen MR) is 318 cm³/mol. The Kier molecular flexibility index (Phi) is 15.9. The highest BCUT2D eigenvalue weighted by molar-refractivity contribution is 7.86. The molecule has 81 heavy (non-hydrogen) atoms. The van der Waals surface area contributed by atoms with Gasteiger partial charge in [-0.25, -0.2) is 4.68 Å². The van der Waals surface area contributed by atoms with E-state index in [1.807, 2.05) is 145 Å². The molecule has 12 rings (SSSR count). The number of para-hydroxylation sites is 3. The van der Waals surface area contributed by atoms with E-state index in [-0.39, 0.29) is 37.5 Å². The maximum Gasteiger partial charge on any atom is 0.268 e. The second kappa shape index (κ2) is 23.1. The molecule has 0 unspecified atom stereocenters. The van der Waals surface area contributed by atoms with Gasteiger partial charge in [-0.05, 0) is 91.0 Å². The third-order valence-electron chi connectivity index (χ3n) is 13.2. The third kappa shape index (κ3) is 11.2. The van der Waals surface area contributed by atoms with Crippen molar-refractivity contribution >= 4 is 137 Å². The fourth-order valence-electron chi connectivity index (χ4n) is 9.52. The van der Waals surface area contributed by atoms with Crippen molar-refractivity contribution in [2.75, 3.05) is 70.0 Å². The van der Waals surface area contributed by atoms with Crippen LogP contribution in [0.15, 0.2) is 171 Å². The van der Waals surface area contributed by atoms with Crippen LogP contribution < -0.4 is 29.4 Å². The first-order valence-electron chi connectivity index (χ1n) is 25.0. The van der Waals surface area contributed by atoms with Crippen molar-refractivity contribution in [3.8, 4) is 0 Å². The van der Waals surface area contributed by atoms with E-state index in [9.17, 15) is 27.9 Å². The molecule has 1 N–H and O–H groups in total. The molecule has 0 spiro atoms. The first kappa shape index (κ1) is 55.6. The number of anilines is 12. The summed E-state index contributed by atoms with van der Waals surface area (Å²) in [6, 6.07) is 44.5. The van der Waals surface area contributed by atoms with Crippen LogP contribution in [0.3, 0.4) is 0 Å². The fourth-order valence-corrected chi connectivity index (χ4v) is 10.4. The summed E-state index contributed by atoms with van der Waals surface area (Å²) in [6.45, 7) is 4.10. The minimum Gasteiger partial charge on any atom is -0.394 e. The maximum atomic E-state index is 13.6. The first-order chi connectivity index (χ1) is 38.9. The molecule has 9 aromatic rings. The second-order valence-corrected chi connectivity index (χ2v) is 21.5. The summed E-state index contributed by atoms with van der Waals surface area (Å²) in [6.07, 6.45) is 7.51. The molecule has 19 nitrogen and oxygen atoms in total. The van der Waals surface area contributed by atoms with Crippen LogP contribution in [0.1, 0.15) is 31.1 Å². The van der Waals surface area contributed by atoms with E-state index in [0.717, 1.165) is 34.7 Å². The molecule has 3 amide bonds. The number of aromatic nitrogens is 6. The molecule has 3 aliphatic rings.